The molecule has 1 atom stereocenters. The van der Waals surface area contributed by atoms with E-state index in [1.165, 1.54) is 12.1 Å². The van der Waals surface area contributed by atoms with Crippen molar-refractivity contribution in [2.75, 3.05) is 17.2 Å². The Morgan fingerprint density at radius 1 is 1.00 bits per heavy atom. The van der Waals surface area contributed by atoms with Crippen molar-refractivity contribution in [1.82, 2.24) is 0 Å². The van der Waals surface area contributed by atoms with Crippen LogP contribution in [0.4, 0.5) is 38.1 Å². The Bertz CT molecular complexity index is 1360. The van der Waals surface area contributed by atoms with Crippen molar-refractivity contribution < 1.29 is 36.3 Å². The zero-order valence-electron chi connectivity index (χ0n) is 18.2. The number of fused-ring (bicyclic) bond motifs is 1. The normalized spacial score (nSPS) is 15.0. The van der Waals surface area contributed by atoms with Gasteiger partial charge in [0.05, 0.1) is 22.9 Å². The zero-order valence-corrected chi connectivity index (χ0v) is 18.9. The maximum absolute atomic E-state index is 13.9. The van der Waals surface area contributed by atoms with E-state index in [9.17, 15) is 31.5 Å². The van der Waals surface area contributed by atoms with Gasteiger partial charge in [0.1, 0.15) is 17.4 Å². The molecule has 1 aliphatic rings. The van der Waals surface area contributed by atoms with E-state index in [0.29, 0.717) is 5.56 Å². The molecule has 0 saturated carbocycles. The van der Waals surface area contributed by atoms with Crippen molar-refractivity contribution in [2.45, 2.75) is 18.5 Å². The molecule has 0 spiro atoms. The highest BCUT2D eigenvalue weighted by atomic mass is 35.5. The Morgan fingerprint density at radius 2 is 1.75 bits per heavy atom. The van der Waals surface area contributed by atoms with Crippen LogP contribution in [-0.4, -0.2) is 18.5 Å². The number of primary amides is 1. The van der Waals surface area contributed by atoms with E-state index < -0.39 is 46.3 Å². The third kappa shape index (κ3) is 5.20. The molecule has 3 aromatic rings. The second kappa shape index (κ2) is 9.65. The molecule has 6 nitrogen and oxygen atoms in total. The quantitative estimate of drug-likeness (QED) is 0.349. The number of anilines is 2. The van der Waals surface area contributed by atoms with Crippen molar-refractivity contribution in [3.8, 4) is 5.75 Å². The molecule has 0 radical (unpaired) electrons. The van der Waals surface area contributed by atoms with Gasteiger partial charge in [0.15, 0.2) is 0 Å². The van der Waals surface area contributed by atoms with Crippen LogP contribution in [0.5, 0.6) is 5.75 Å². The highest BCUT2D eigenvalue weighted by Gasteiger charge is 2.37. The first kappa shape index (κ1) is 25.2. The largest absolute Gasteiger partial charge is 0.493 e. The van der Waals surface area contributed by atoms with Gasteiger partial charge in [-0.3, -0.25) is 4.79 Å². The van der Waals surface area contributed by atoms with Gasteiger partial charge in [0.2, 0.25) is 0 Å². The average molecular weight is 526 g/mol. The molecule has 4 N–H and O–H groups in total. The molecule has 1 unspecified atom stereocenters. The molecule has 4 rings (SSSR count). The fourth-order valence-electron chi connectivity index (χ4n) is 4.01. The first-order valence-corrected chi connectivity index (χ1v) is 10.8. The summed E-state index contributed by atoms with van der Waals surface area (Å²) in [4.78, 5) is 24.3. The van der Waals surface area contributed by atoms with Crippen molar-refractivity contribution in [2.24, 2.45) is 5.73 Å². The van der Waals surface area contributed by atoms with Gasteiger partial charge in [0.25, 0.3) is 5.91 Å². The van der Waals surface area contributed by atoms with Gasteiger partial charge in [-0.1, -0.05) is 17.7 Å². The molecule has 0 bridgehead atoms. The third-order valence-electron chi connectivity index (χ3n) is 5.56. The van der Waals surface area contributed by atoms with Crippen LogP contribution in [0, 0.1) is 11.6 Å². The predicted octanol–water partition coefficient (Wildman–Crippen LogP) is 6.29. The highest BCUT2D eigenvalue weighted by molar-refractivity contribution is 6.32. The summed E-state index contributed by atoms with van der Waals surface area (Å²) >= 11 is 5.91. The Balaban J connectivity index is 1.79. The zero-order chi connectivity index (χ0) is 26.2. The van der Waals surface area contributed by atoms with Crippen molar-refractivity contribution in [3.63, 3.8) is 0 Å². The van der Waals surface area contributed by atoms with E-state index in [2.05, 4.69) is 10.6 Å². The Kier molecular flexibility index (Phi) is 6.77. The molecular formula is C24H17ClF5N3O3. The number of urea groups is 1. The summed E-state index contributed by atoms with van der Waals surface area (Å²) in [5, 5.41) is 3.83. The van der Waals surface area contributed by atoms with Gasteiger partial charge in [-0.25, -0.2) is 13.6 Å². The van der Waals surface area contributed by atoms with E-state index in [1.807, 2.05) is 0 Å². The summed E-state index contributed by atoms with van der Waals surface area (Å²) in [6, 6.07) is 7.56. The molecule has 3 amide bonds. The standard InChI is InChI=1S/C24H17ClF5N3O3/c25-18-10-16(22(34)32-12-2-4-19(27)20(8-12)33-23(31)35)15(9-17(18)24(28,29)30)13-5-6-36-21-7-11(26)1-3-14(13)21/h1-4,7-10,13H,5-6H2,(H,32,34)(H3,31,33,35). The lowest BCUT2D eigenvalue weighted by Gasteiger charge is -2.28. The SMILES string of the molecule is NC(=O)Nc1cc(NC(=O)c2cc(Cl)c(C(F)(F)F)cc2C2CCOc3cc(F)ccc32)ccc1F. The number of carbonyl (C=O) groups excluding carboxylic acids is 2. The molecule has 188 valence electrons. The monoisotopic (exact) mass is 525 g/mol. The third-order valence-corrected chi connectivity index (χ3v) is 5.87. The number of hydrogen-bond acceptors (Lipinski definition) is 3. The maximum atomic E-state index is 13.9. The first-order chi connectivity index (χ1) is 16.9. The van der Waals surface area contributed by atoms with Crippen LogP contribution in [0.3, 0.4) is 0 Å². The fourth-order valence-corrected chi connectivity index (χ4v) is 4.28. The second-order valence-corrected chi connectivity index (χ2v) is 8.33. The minimum Gasteiger partial charge on any atom is -0.493 e. The van der Waals surface area contributed by atoms with Gasteiger partial charge in [-0.15, -0.1) is 0 Å². The van der Waals surface area contributed by atoms with E-state index in [-0.39, 0.29) is 41.3 Å². The van der Waals surface area contributed by atoms with Gasteiger partial charge >= 0.3 is 12.2 Å². The number of nitrogens with two attached hydrogens (primary N) is 1. The molecule has 0 saturated heterocycles. The number of halogens is 6. The Morgan fingerprint density at radius 3 is 2.44 bits per heavy atom. The number of nitrogens with one attached hydrogen (secondary N) is 2. The summed E-state index contributed by atoms with van der Waals surface area (Å²) in [6.07, 6.45) is -4.59. The fraction of sp³-hybridized carbons (Fsp3) is 0.167. The van der Waals surface area contributed by atoms with E-state index in [4.69, 9.17) is 22.1 Å². The van der Waals surface area contributed by atoms with Gasteiger partial charge < -0.3 is 21.1 Å². The molecule has 0 aliphatic carbocycles. The summed E-state index contributed by atoms with van der Waals surface area (Å²) in [6.45, 7) is 0.0757. The van der Waals surface area contributed by atoms with Gasteiger partial charge in [-0.2, -0.15) is 13.2 Å². The van der Waals surface area contributed by atoms with E-state index in [1.54, 1.807) is 0 Å². The lowest BCUT2D eigenvalue weighted by atomic mass is 9.83. The minimum absolute atomic E-state index is 0.00187. The van der Waals surface area contributed by atoms with Crippen LogP contribution in [-0.2, 0) is 6.18 Å². The molecule has 3 aromatic carbocycles. The van der Waals surface area contributed by atoms with Crippen LogP contribution < -0.4 is 21.1 Å². The summed E-state index contributed by atoms with van der Waals surface area (Å²) in [5.74, 6) is -2.84. The van der Waals surface area contributed by atoms with Crippen molar-refractivity contribution >= 4 is 34.9 Å². The number of amides is 3. The van der Waals surface area contributed by atoms with Crippen molar-refractivity contribution in [1.29, 1.82) is 0 Å². The molecule has 0 aromatic heterocycles. The molecule has 36 heavy (non-hydrogen) atoms. The Labute approximate surface area is 206 Å². The smallest absolute Gasteiger partial charge is 0.417 e. The average Bonchev–Trinajstić information content (AvgIpc) is 2.79. The van der Waals surface area contributed by atoms with Gasteiger partial charge in [-0.05, 0) is 48.4 Å². The van der Waals surface area contributed by atoms with Crippen LogP contribution in [0.25, 0.3) is 0 Å². The molecule has 1 heterocycles. The van der Waals surface area contributed by atoms with Crippen LogP contribution in [0.2, 0.25) is 5.02 Å². The lowest BCUT2D eigenvalue weighted by Crippen LogP contribution is -2.22. The molecule has 0 fully saturated rings. The summed E-state index contributed by atoms with van der Waals surface area (Å²) in [7, 11) is 0. The number of alkyl halides is 3. The number of carbonyl (C=O) groups is 2. The number of rotatable bonds is 4. The number of ether oxygens (including phenoxy) is 1. The Hall–Kier alpha value is -3.86. The minimum atomic E-state index is -4.80. The number of hydrogen-bond donors (Lipinski definition) is 3. The van der Waals surface area contributed by atoms with Crippen molar-refractivity contribution in [3.05, 3.63) is 87.4 Å². The maximum Gasteiger partial charge on any atom is 0.417 e. The highest BCUT2D eigenvalue weighted by Crippen LogP contribution is 2.44. The first-order valence-electron chi connectivity index (χ1n) is 10.4. The number of benzene rings is 3. The van der Waals surface area contributed by atoms with Crippen LogP contribution >= 0.6 is 11.6 Å². The van der Waals surface area contributed by atoms with Crippen LogP contribution in [0.15, 0.2) is 48.5 Å². The summed E-state index contributed by atoms with van der Waals surface area (Å²) < 4.78 is 74.1. The molecule has 12 heteroatoms. The summed E-state index contributed by atoms with van der Waals surface area (Å²) in [5.41, 5.74) is 3.81. The predicted molar refractivity (Wildman–Crippen MR) is 122 cm³/mol. The van der Waals surface area contributed by atoms with E-state index >= 15 is 0 Å². The second-order valence-electron chi connectivity index (χ2n) is 7.93. The topological polar surface area (TPSA) is 93.5 Å². The molecule has 1 aliphatic heterocycles. The molecular weight excluding hydrogens is 509 g/mol. The van der Waals surface area contributed by atoms with Gasteiger partial charge in [0, 0.05) is 28.8 Å². The van der Waals surface area contributed by atoms with E-state index in [0.717, 1.165) is 36.4 Å². The van der Waals surface area contributed by atoms with Crippen LogP contribution in [0.1, 0.15) is 39.4 Å². The lowest BCUT2D eigenvalue weighted by molar-refractivity contribution is -0.137.